The first-order valence-electron chi connectivity index (χ1n) is 5.41. The van der Waals surface area contributed by atoms with Gasteiger partial charge in [-0.2, -0.15) is 0 Å². The Hall–Kier alpha value is -1.07. The van der Waals surface area contributed by atoms with E-state index < -0.39 is 0 Å². The largest absolute Gasteiger partial charge is 0.342 e. The molecule has 0 aromatic carbocycles. The van der Waals surface area contributed by atoms with E-state index in [0.717, 1.165) is 34.5 Å². The fraction of sp³-hybridized carbons (Fsp3) is 0.250. The number of nitrogens with zero attached hydrogens (tertiary/aromatic N) is 2. The molecule has 0 aliphatic heterocycles. The molecule has 0 amide bonds. The van der Waals surface area contributed by atoms with E-state index in [4.69, 9.17) is 12.2 Å². The minimum atomic E-state index is 0.604. The zero-order valence-electron chi connectivity index (χ0n) is 9.40. The van der Waals surface area contributed by atoms with Gasteiger partial charge in [0.15, 0.2) is 5.82 Å². The van der Waals surface area contributed by atoms with Crippen LogP contribution < -0.4 is 0 Å². The van der Waals surface area contributed by atoms with E-state index in [9.17, 15) is 0 Å². The van der Waals surface area contributed by atoms with Gasteiger partial charge in [0, 0.05) is 16.4 Å². The summed E-state index contributed by atoms with van der Waals surface area (Å²) in [7, 11) is 0. The number of H-pyrrole nitrogens is 1. The van der Waals surface area contributed by atoms with Crippen LogP contribution in [0.25, 0.3) is 11.5 Å². The smallest absolute Gasteiger partial charge is 0.157 e. The monoisotopic (exact) mass is 309 g/mol. The molecular formula is C12H12BrN3S. The molecule has 2 aromatic rings. The number of rotatable bonds is 3. The lowest BCUT2D eigenvalue weighted by molar-refractivity contribution is 0.872. The molecule has 2 rings (SSSR count). The first-order valence-corrected chi connectivity index (χ1v) is 6.61. The van der Waals surface area contributed by atoms with Crippen molar-refractivity contribution in [1.82, 2.24) is 15.0 Å². The maximum absolute atomic E-state index is 5.16. The van der Waals surface area contributed by atoms with Crippen molar-refractivity contribution in [2.45, 2.75) is 19.8 Å². The van der Waals surface area contributed by atoms with Crippen molar-refractivity contribution in [3.05, 3.63) is 39.2 Å². The van der Waals surface area contributed by atoms with Crippen LogP contribution in [0.15, 0.2) is 28.9 Å². The highest BCUT2D eigenvalue weighted by Gasteiger charge is 2.03. The molecule has 5 heteroatoms. The van der Waals surface area contributed by atoms with Gasteiger partial charge < -0.3 is 4.98 Å². The van der Waals surface area contributed by atoms with Crippen molar-refractivity contribution in [2.75, 3.05) is 0 Å². The highest BCUT2D eigenvalue weighted by molar-refractivity contribution is 9.10. The van der Waals surface area contributed by atoms with Gasteiger partial charge in [-0.3, -0.25) is 4.98 Å². The van der Waals surface area contributed by atoms with Gasteiger partial charge in [0.05, 0.1) is 0 Å². The predicted molar refractivity (Wildman–Crippen MR) is 74.3 cm³/mol. The van der Waals surface area contributed by atoms with Crippen LogP contribution >= 0.6 is 28.1 Å². The number of aromatic nitrogens is 3. The molecule has 0 saturated heterocycles. The number of halogens is 1. The lowest BCUT2D eigenvalue weighted by Gasteiger charge is -2.04. The number of aryl methyl sites for hydroxylation is 1. The molecule has 0 aliphatic carbocycles. The minimum absolute atomic E-state index is 0.604. The van der Waals surface area contributed by atoms with Crippen molar-refractivity contribution < 1.29 is 0 Å². The van der Waals surface area contributed by atoms with E-state index >= 15 is 0 Å². The van der Waals surface area contributed by atoms with E-state index in [1.165, 1.54) is 0 Å². The topological polar surface area (TPSA) is 41.6 Å². The Bertz CT molecular complexity index is 563. The highest BCUT2D eigenvalue weighted by atomic mass is 79.9. The van der Waals surface area contributed by atoms with Crippen LogP contribution in [0.2, 0.25) is 0 Å². The summed E-state index contributed by atoms with van der Waals surface area (Å²) in [5.74, 6) is 0.730. The molecule has 1 N–H and O–H groups in total. The third kappa shape index (κ3) is 3.20. The Morgan fingerprint density at radius 1 is 1.41 bits per heavy atom. The van der Waals surface area contributed by atoms with Crippen LogP contribution in [0.5, 0.6) is 0 Å². The number of hydrogen-bond acceptors (Lipinski definition) is 3. The quantitative estimate of drug-likeness (QED) is 0.874. The lowest BCUT2D eigenvalue weighted by atomic mass is 10.2. The molecule has 0 unspecified atom stereocenters. The molecular weight excluding hydrogens is 298 g/mol. The van der Waals surface area contributed by atoms with Crippen LogP contribution in [0.4, 0.5) is 0 Å². The summed E-state index contributed by atoms with van der Waals surface area (Å²) in [6.07, 6.45) is 3.79. The fourth-order valence-corrected chi connectivity index (χ4v) is 2.02. The zero-order chi connectivity index (χ0) is 12.3. The zero-order valence-corrected chi connectivity index (χ0v) is 11.8. The highest BCUT2D eigenvalue weighted by Crippen LogP contribution is 2.15. The van der Waals surface area contributed by atoms with Gasteiger partial charge in [-0.15, -0.1) is 0 Å². The molecule has 17 heavy (non-hydrogen) atoms. The van der Waals surface area contributed by atoms with Crippen LogP contribution in [0, 0.1) is 4.64 Å². The summed E-state index contributed by atoms with van der Waals surface area (Å²) in [5, 5.41) is 0. The Kier molecular flexibility index (Phi) is 4.02. The van der Waals surface area contributed by atoms with Crippen LogP contribution in [0.1, 0.15) is 19.0 Å². The third-order valence-corrected chi connectivity index (χ3v) is 2.97. The van der Waals surface area contributed by atoms with Crippen molar-refractivity contribution >= 4 is 28.1 Å². The molecule has 3 nitrogen and oxygen atoms in total. The summed E-state index contributed by atoms with van der Waals surface area (Å²) in [5.41, 5.74) is 1.91. The molecule has 0 fully saturated rings. The summed E-state index contributed by atoms with van der Waals surface area (Å²) < 4.78 is 1.55. The standard InChI is InChI=1S/C12H12BrN3S/c1-2-3-9-6-11(17)16-12(15-9)10-5-4-8(13)7-14-10/h4-7H,2-3H2,1H3,(H,15,16,17). The molecule has 0 bridgehead atoms. The SMILES string of the molecule is CCCc1cc(=S)nc(-c2ccc(Br)cn2)[nH]1. The summed E-state index contributed by atoms with van der Waals surface area (Å²) in [4.78, 5) is 11.9. The van der Waals surface area contributed by atoms with E-state index in [2.05, 4.69) is 37.8 Å². The Labute approximate surface area is 113 Å². The summed E-state index contributed by atoms with van der Waals surface area (Å²) >= 11 is 8.52. The van der Waals surface area contributed by atoms with Gasteiger partial charge in [-0.25, -0.2) is 4.98 Å². The van der Waals surface area contributed by atoms with Gasteiger partial charge in [0.2, 0.25) is 0 Å². The third-order valence-electron chi connectivity index (χ3n) is 2.29. The molecule has 0 atom stereocenters. The lowest BCUT2D eigenvalue weighted by Crippen LogP contribution is -1.97. The molecule has 88 valence electrons. The number of pyridine rings is 1. The minimum Gasteiger partial charge on any atom is -0.342 e. The van der Waals surface area contributed by atoms with E-state index in [0.29, 0.717) is 4.64 Å². The first kappa shape index (κ1) is 12.4. The Morgan fingerprint density at radius 2 is 2.24 bits per heavy atom. The number of hydrogen-bond donors (Lipinski definition) is 1. The Balaban J connectivity index is 2.44. The average Bonchev–Trinajstić information content (AvgIpc) is 2.29. The molecule has 0 spiro atoms. The summed E-state index contributed by atoms with van der Waals surface area (Å²) in [6, 6.07) is 5.75. The van der Waals surface area contributed by atoms with E-state index in [1.54, 1.807) is 6.20 Å². The molecule has 0 radical (unpaired) electrons. The van der Waals surface area contributed by atoms with Gasteiger partial charge in [0.1, 0.15) is 10.3 Å². The summed E-state index contributed by atoms with van der Waals surface area (Å²) in [6.45, 7) is 2.13. The van der Waals surface area contributed by atoms with E-state index in [1.807, 2.05) is 18.2 Å². The van der Waals surface area contributed by atoms with Gasteiger partial charge in [0.25, 0.3) is 0 Å². The average molecular weight is 310 g/mol. The van der Waals surface area contributed by atoms with Crippen LogP contribution in [0.3, 0.4) is 0 Å². The van der Waals surface area contributed by atoms with Crippen molar-refractivity contribution in [3.63, 3.8) is 0 Å². The van der Waals surface area contributed by atoms with Gasteiger partial charge in [-0.05, 0) is 40.5 Å². The second kappa shape index (κ2) is 5.51. The second-order valence-electron chi connectivity index (χ2n) is 3.70. The van der Waals surface area contributed by atoms with E-state index in [-0.39, 0.29) is 0 Å². The second-order valence-corrected chi connectivity index (χ2v) is 5.04. The van der Waals surface area contributed by atoms with Crippen molar-refractivity contribution in [3.8, 4) is 11.5 Å². The van der Waals surface area contributed by atoms with Crippen molar-refractivity contribution in [1.29, 1.82) is 0 Å². The normalized spacial score (nSPS) is 10.5. The molecule has 2 aromatic heterocycles. The molecule has 0 aliphatic rings. The maximum atomic E-state index is 5.16. The number of nitrogens with one attached hydrogen (secondary N) is 1. The number of aromatic amines is 1. The van der Waals surface area contributed by atoms with Gasteiger partial charge >= 0.3 is 0 Å². The Morgan fingerprint density at radius 3 is 2.88 bits per heavy atom. The maximum Gasteiger partial charge on any atom is 0.157 e. The molecule has 0 saturated carbocycles. The predicted octanol–water partition coefficient (Wildman–Crippen LogP) is 3.92. The fourth-order valence-electron chi connectivity index (χ4n) is 1.55. The van der Waals surface area contributed by atoms with Crippen LogP contribution in [-0.2, 0) is 6.42 Å². The van der Waals surface area contributed by atoms with Crippen molar-refractivity contribution in [2.24, 2.45) is 0 Å². The van der Waals surface area contributed by atoms with Crippen LogP contribution in [-0.4, -0.2) is 15.0 Å². The molecule has 2 heterocycles. The first-order chi connectivity index (χ1) is 8.19. The van der Waals surface area contributed by atoms with Gasteiger partial charge in [-0.1, -0.05) is 25.6 Å².